The molecule has 0 spiro atoms. The highest BCUT2D eigenvalue weighted by Gasteiger charge is 2.26. The van der Waals surface area contributed by atoms with Gasteiger partial charge in [-0.15, -0.1) is 0 Å². The maximum absolute atomic E-state index is 11.7. The maximum atomic E-state index is 11.7. The van der Waals surface area contributed by atoms with Crippen molar-refractivity contribution in [1.29, 1.82) is 10.5 Å². The smallest absolute Gasteiger partial charge is 0.405 e. The number of hydrogen-bond acceptors (Lipinski definition) is 7. The quantitative estimate of drug-likeness (QED) is 0.718. The molecule has 2 rings (SSSR count). The first-order valence-electron chi connectivity index (χ1n) is 8.40. The summed E-state index contributed by atoms with van der Waals surface area (Å²) in [5.74, 6) is 0.0398. The number of nitrogens with two attached hydrogens (primary N) is 1. The molecule has 1 aliphatic heterocycles. The lowest BCUT2D eigenvalue weighted by atomic mass is 10.00. The lowest BCUT2D eigenvalue weighted by molar-refractivity contribution is -0.124. The number of rotatable bonds is 5. The largest absolute Gasteiger partial charge is 0.440 e. The van der Waals surface area contributed by atoms with Crippen LogP contribution in [0, 0.1) is 22.7 Å². The van der Waals surface area contributed by atoms with E-state index in [1.807, 2.05) is 17.9 Å². The van der Waals surface area contributed by atoms with E-state index >= 15 is 0 Å². The lowest BCUT2D eigenvalue weighted by Gasteiger charge is -2.34. The van der Waals surface area contributed by atoms with Crippen LogP contribution < -0.4 is 16.0 Å². The van der Waals surface area contributed by atoms with Crippen LogP contribution in [0.3, 0.4) is 0 Å². The Morgan fingerprint density at radius 2 is 1.96 bits per heavy atom. The molecule has 3 N–H and O–H groups in total. The molecule has 1 saturated heterocycles. The zero-order chi connectivity index (χ0) is 20.0. The number of nitrogens with zero attached hydrogens (tertiary/aromatic N) is 4. The number of carbonyl (C=O) groups excluding carboxylic acids is 2. The number of nitriles is 2. The third-order valence-electron chi connectivity index (χ3n) is 4.32. The summed E-state index contributed by atoms with van der Waals surface area (Å²) < 4.78 is 4.46. The fourth-order valence-corrected chi connectivity index (χ4v) is 3.28. The average Bonchev–Trinajstić information content (AvgIpc) is 2.66. The van der Waals surface area contributed by atoms with E-state index in [1.54, 1.807) is 0 Å². The molecular formula is C17H19ClN6O3. The molecule has 142 valence electrons. The first-order valence-corrected chi connectivity index (χ1v) is 8.78. The molecule has 2 heterocycles. The number of ether oxygens (including phenoxy) is 1. The van der Waals surface area contributed by atoms with Crippen LogP contribution >= 0.6 is 11.6 Å². The van der Waals surface area contributed by atoms with E-state index in [1.165, 1.54) is 0 Å². The van der Waals surface area contributed by atoms with Gasteiger partial charge in [-0.1, -0.05) is 18.5 Å². The van der Waals surface area contributed by atoms with Crippen LogP contribution in [0.5, 0.6) is 0 Å². The molecule has 0 atom stereocenters. The first kappa shape index (κ1) is 20.3. The van der Waals surface area contributed by atoms with Crippen molar-refractivity contribution >= 4 is 29.4 Å². The summed E-state index contributed by atoms with van der Waals surface area (Å²) >= 11 is 6.14. The first-order chi connectivity index (χ1) is 12.9. The minimum atomic E-state index is -1.00. The summed E-state index contributed by atoms with van der Waals surface area (Å²) in [5.41, 5.74) is 6.01. The van der Waals surface area contributed by atoms with Crippen molar-refractivity contribution in [2.75, 3.05) is 24.6 Å². The maximum Gasteiger partial charge on any atom is 0.405 e. The Balaban J connectivity index is 2.09. The SMILES string of the molecule is CCc1c(C#N)c(Cl)nc(N2CCC(NC(=O)COC(N)=O)CC2)c1C#N. The predicted octanol–water partition coefficient (Wildman–Crippen LogP) is 1.22. The zero-order valence-corrected chi connectivity index (χ0v) is 15.5. The van der Waals surface area contributed by atoms with Crippen molar-refractivity contribution in [1.82, 2.24) is 10.3 Å². The third kappa shape index (κ3) is 4.78. The van der Waals surface area contributed by atoms with Crippen LogP contribution in [0.25, 0.3) is 0 Å². The van der Waals surface area contributed by atoms with Crippen LogP contribution in [0.4, 0.5) is 10.6 Å². The number of halogens is 1. The third-order valence-corrected chi connectivity index (χ3v) is 4.59. The number of primary amides is 1. The molecular weight excluding hydrogens is 372 g/mol. The summed E-state index contributed by atoms with van der Waals surface area (Å²) in [5, 5.41) is 21.7. The van der Waals surface area contributed by atoms with E-state index in [2.05, 4.69) is 21.1 Å². The number of amides is 2. The van der Waals surface area contributed by atoms with Gasteiger partial charge in [0.25, 0.3) is 5.91 Å². The van der Waals surface area contributed by atoms with E-state index in [-0.39, 0.29) is 16.8 Å². The second-order valence-electron chi connectivity index (χ2n) is 5.97. The molecule has 1 fully saturated rings. The number of carbonyl (C=O) groups is 2. The summed E-state index contributed by atoms with van der Waals surface area (Å²) in [6, 6.07) is 4.07. The zero-order valence-electron chi connectivity index (χ0n) is 14.8. The van der Waals surface area contributed by atoms with E-state index in [9.17, 15) is 20.1 Å². The van der Waals surface area contributed by atoms with Gasteiger partial charge in [0.2, 0.25) is 0 Å². The van der Waals surface area contributed by atoms with Gasteiger partial charge in [0.05, 0.1) is 11.1 Å². The fourth-order valence-electron chi connectivity index (χ4n) is 3.04. The van der Waals surface area contributed by atoms with Gasteiger partial charge in [0, 0.05) is 19.1 Å². The van der Waals surface area contributed by atoms with Gasteiger partial charge in [0.15, 0.2) is 6.61 Å². The molecule has 2 amide bonds. The molecule has 0 bridgehead atoms. The van der Waals surface area contributed by atoms with Crippen LogP contribution in [0.2, 0.25) is 5.15 Å². The summed E-state index contributed by atoms with van der Waals surface area (Å²) in [7, 11) is 0. The van der Waals surface area contributed by atoms with Crippen LogP contribution in [0.1, 0.15) is 36.5 Å². The Morgan fingerprint density at radius 1 is 1.33 bits per heavy atom. The van der Waals surface area contributed by atoms with Crippen molar-refractivity contribution in [3.63, 3.8) is 0 Å². The molecule has 9 nitrogen and oxygen atoms in total. The molecule has 1 aromatic heterocycles. The van der Waals surface area contributed by atoms with Gasteiger partial charge >= 0.3 is 6.09 Å². The number of aromatic nitrogens is 1. The van der Waals surface area contributed by atoms with Crippen molar-refractivity contribution in [2.24, 2.45) is 5.73 Å². The molecule has 0 unspecified atom stereocenters. The lowest BCUT2D eigenvalue weighted by Crippen LogP contribution is -2.46. The van der Waals surface area contributed by atoms with Crippen LogP contribution in [-0.2, 0) is 16.0 Å². The number of pyridine rings is 1. The normalized spacial score (nSPS) is 14.1. The van der Waals surface area contributed by atoms with Gasteiger partial charge in [-0.05, 0) is 24.8 Å². The Hall–Kier alpha value is -3.04. The molecule has 27 heavy (non-hydrogen) atoms. The summed E-state index contributed by atoms with van der Waals surface area (Å²) in [6.45, 7) is 2.54. The predicted molar refractivity (Wildman–Crippen MR) is 97.0 cm³/mol. The Kier molecular flexibility index (Phi) is 6.80. The van der Waals surface area contributed by atoms with E-state index in [0.717, 1.165) is 0 Å². The monoisotopic (exact) mass is 390 g/mol. The van der Waals surface area contributed by atoms with E-state index in [4.69, 9.17) is 17.3 Å². The molecule has 0 aromatic carbocycles. The molecule has 1 aromatic rings. The Bertz CT molecular complexity index is 821. The molecule has 10 heteroatoms. The minimum absolute atomic E-state index is 0.0855. The Morgan fingerprint density at radius 3 is 2.48 bits per heavy atom. The molecule has 0 saturated carbocycles. The number of anilines is 1. The van der Waals surface area contributed by atoms with Crippen molar-refractivity contribution in [3.05, 3.63) is 21.8 Å². The van der Waals surface area contributed by atoms with E-state index < -0.39 is 18.6 Å². The average molecular weight is 391 g/mol. The van der Waals surface area contributed by atoms with Gasteiger partial charge in [-0.25, -0.2) is 9.78 Å². The summed E-state index contributed by atoms with van der Waals surface area (Å²) in [6.07, 6.45) is 0.731. The number of piperidine rings is 1. The second kappa shape index (κ2) is 9.06. The highest BCUT2D eigenvalue weighted by Crippen LogP contribution is 2.30. The highest BCUT2D eigenvalue weighted by molar-refractivity contribution is 6.30. The van der Waals surface area contributed by atoms with Crippen LogP contribution in [0.15, 0.2) is 0 Å². The molecule has 0 aliphatic carbocycles. The van der Waals surface area contributed by atoms with Crippen molar-refractivity contribution in [3.8, 4) is 12.1 Å². The van der Waals surface area contributed by atoms with Crippen molar-refractivity contribution < 1.29 is 14.3 Å². The van der Waals surface area contributed by atoms with Gasteiger partial charge in [-0.3, -0.25) is 4.79 Å². The number of hydrogen-bond donors (Lipinski definition) is 2. The van der Waals surface area contributed by atoms with Crippen LogP contribution in [-0.4, -0.2) is 42.7 Å². The molecule has 0 radical (unpaired) electrons. The van der Waals surface area contributed by atoms with Gasteiger partial charge in [-0.2, -0.15) is 10.5 Å². The van der Waals surface area contributed by atoms with Gasteiger partial charge < -0.3 is 20.7 Å². The highest BCUT2D eigenvalue weighted by atomic mass is 35.5. The second-order valence-corrected chi connectivity index (χ2v) is 6.33. The van der Waals surface area contributed by atoms with Crippen molar-refractivity contribution in [2.45, 2.75) is 32.2 Å². The topological polar surface area (TPSA) is 145 Å². The standard InChI is InChI=1S/C17H19ClN6O3/c1-2-11-12(7-19)15(18)23-16(13(11)8-20)24-5-3-10(4-6-24)22-14(25)9-27-17(21)26/h10H,2-6,9H2,1H3,(H2,21,26)(H,22,25). The molecule has 1 aliphatic rings. The fraction of sp³-hybridized carbons (Fsp3) is 0.471. The van der Waals surface area contributed by atoms with E-state index in [0.29, 0.717) is 49.3 Å². The summed E-state index contributed by atoms with van der Waals surface area (Å²) in [4.78, 5) is 28.4. The van der Waals surface area contributed by atoms with Gasteiger partial charge in [0.1, 0.15) is 23.1 Å². The Labute approximate surface area is 161 Å². The minimum Gasteiger partial charge on any atom is -0.440 e. The number of nitrogens with one attached hydrogen (secondary N) is 1.